The minimum Gasteiger partial charge on any atom is -0.306 e. The number of likely N-dealkylation sites (tertiary alicyclic amines) is 1. The summed E-state index contributed by atoms with van der Waals surface area (Å²) < 4.78 is 0. The molecule has 0 spiro atoms. The normalized spacial score (nSPS) is 24.7. The summed E-state index contributed by atoms with van der Waals surface area (Å²) in [6, 6.07) is 0. The lowest BCUT2D eigenvalue weighted by Crippen LogP contribution is -2.45. The second-order valence-electron chi connectivity index (χ2n) is 5.69. The predicted octanol–water partition coefficient (Wildman–Crippen LogP) is 3.15. The third-order valence-corrected chi connectivity index (χ3v) is 4.21. The van der Waals surface area contributed by atoms with E-state index in [2.05, 4.69) is 39.6 Å². The van der Waals surface area contributed by atoms with Crippen LogP contribution >= 0.6 is 0 Å². The van der Waals surface area contributed by atoms with E-state index < -0.39 is 0 Å². The molecule has 0 aromatic carbocycles. The maximum absolute atomic E-state index is 2.46. The molecule has 1 aliphatic heterocycles. The van der Waals surface area contributed by atoms with Gasteiger partial charge in [0, 0.05) is 0 Å². The summed E-state index contributed by atoms with van der Waals surface area (Å²) >= 11 is 0. The summed E-state index contributed by atoms with van der Waals surface area (Å²) in [4.78, 5) is 2.46. The number of rotatable bonds is 1. The second kappa shape index (κ2) is 3.61. The Morgan fingerprint density at radius 1 is 1.15 bits per heavy atom. The van der Waals surface area contributed by atoms with Crippen LogP contribution in [0, 0.1) is 10.8 Å². The summed E-state index contributed by atoms with van der Waals surface area (Å²) in [5.74, 6) is 0. The molecule has 1 aliphatic rings. The van der Waals surface area contributed by atoms with E-state index in [9.17, 15) is 0 Å². The van der Waals surface area contributed by atoms with E-state index in [1.165, 1.54) is 32.4 Å². The van der Waals surface area contributed by atoms with Crippen LogP contribution in [0.5, 0.6) is 0 Å². The molecular formula is C12H25N. The smallest absolute Gasteiger partial charge is 0.00163 e. The Morgan fingerprint density at radius 3 is 1.92 bits per heavy atom. The molecule has 0 aromatic rings. The van der Waals surface area contributed by atoms with Crippen molar-refractivity contribution in [3.8, 4) is 0 Å². The number of hydrogen-bond donors (Lipinski definition) is 0. The van der Waals surface area contributed by atoms with E-state index in [1.54, 1.807) is 0 Å². The van der Waals surface area contributed by atoms with E-state index in [0.717, 1.165) is 0 Å². The molecule has 1 nitrogen and oxygen atoms in total. The van der Waals surface area contributed by atoms with Crippen molar-refractivity contribution < 1.29 is 0 Å². The van der Waals surface area contributed by atoms with Crippen molar-refractivity contribution in [2.24, 2.45) is 10.8 Å². The lowest BCUT2D eigenvalue weighted by atomic mass is 9.60. The van der Waals surface area contributed by atoms with Crippen molar-refractivity contribution in [1.82, 2.24) is 4.90 Å². The average molecular weight is 183 g/mol. The van der Waals surface area contributed by atoms with Gasteiger partial charge in [-0.25, -0.2) is 0 Å². The van der Waals surface area contributed by atoms with Gasteiger partial charge in [-0.3, -0.25) is 0 Å². The summed E-state index contributed by atoms with van der Waals surface area (Å²) in [7, 11) is 2.24. The van der Waals surface area contributed by atoms with E-state index in [-0.39, 0.29) is 0 Å². The van der Waals surface area contributed by atoms with Gasteiger partial charge in [0.25, 0.3) is 0 Å². The molecule has 1 heteroatoms. The van der Waals surface area contributed by atoms with Crippen LogP contribution in [0.25, 0.3) is 0 Å². The standard InChI is InChI=1S/C12H25N/c1-6-12(11(2,3)4)7-9-13(5)10-8-12/h6-10H2,1-5H3. The Morgan fingerprint density at radius 2 is 1.62 bits per heavy atom. The van der Waals surface area contributed by atoms with Crippen LogP contribution in [0.15, 0.2) is 0 Å². The van der Waals surface area contributed by atoms with Gasteiger partial charge in [0.05, 0.1) is 0 Å². The SMILES string of the molecule is CCC1(C(C)(C)C)CCN(C)CC1. The molecular weight excluding hydrogens is 158 g/mol. The van der Waals surface area contributed by atoms with Gasteiger partial charge in [0.15, 0.2) is 0 Å². The van der Waals surface area contributed by atoms with Gasteiger partial charge >= 0.3 is 0 Å². The molecule has 0 amide bonds. The molecule has 0 atom stereocenters. The molecule has 0 saturated carbocycles. The van der Waals surface area contributed by atoms with Crippen molar-refractivity contribution in [2.75, 3.05) is 20.1 Å². The minimum atomic E-state index is 0.475. The lowest BCUT2D eigenvalue weighted by Gasteiger charge is -2.49. The summed E-state index contributed by atoms with van der Waals surface area (Å²) in [5.41, 5.74) is 1.07. The summed E-state index contributed by atoms with van der Waals surface area (Å²) in [6.07, 6.45) is 4.09. The zero-order valence-corrected chi connectivity index (χ0v) is 9.98. The average Bonchev–Trinajstić information content (AvgIpc) is 2.04. The molecule has 1 saturated heterocycles. The Hall–Kier alpha value is -0.0400. The van der Waals surface area contributed by atoms with Crippen LogP contribution in [0.4, 0.5) is 0 Å². The van der Waals surface area contributed by atoms with Gasteiger partial charge in [-0.2, -0.15) is 0 Å². The molecule has 1 rings (SSSR count). The lowest BCUT2D eigenvalue weighted by molar-refractivity contribution is 0.00953. The van der Waals surface area contributed by atoms with Gasteiger partial charge in [-0.15, -0.1) is 0 Å². The zero-order chi connectivity index (χ0) is 10.1. The Kier molecular flexibility index (Phi) is 3.06. The molecule has 0 radical (unpaired) electrons. The van der Waals surface area contributed by atoms with E-state index in [0.29, 0.717) is 10.8 Å². The van der Waals surface area contributed by atoms with Crippen LogP contribution in [-0.2, 0) is 0 Å². The van der Waals surface area contributed by atoms with E-state index in [1.807, 2.05) is 0 Å². The van der Waals surface area contributed by atoms with Gasteiger partial charge < -0.3 is 4.90 Å². The molecule has 0 aliphatic carbocycles. The first-order valence-corrected chi connectivity index (χ1v) is 5.60. The fourth-order valence-corrected chi connectivity index (χ4v) is 2.68. The van der Waals surface area contributed by atoms with Gasteiger partial charge in [0.2, 0.25) is 0 Å². The van der Waals surface area contributed by atoms with Crippen LogP contribution in [0.2, 0.25) is 0 Å². The van der Waals surface area contributed by atoms with Crippen molar-refractivity contribution in [1.29, 1.82) is 0 Å². The highest BCUT2D eigenvalue weighted by Crippen LogP contribution is 2.48. The highest BCUT2D eigenvalue weighted by Gasteiger charge is 2.41. The Labute approximate surface area is 83.5 Å². The van der Waals surface area contributed by atoms with Crippen molar-refractivity contribution in [3.63, 3.8) is 0 Å². The third kappa shape index (κ3) is 2.07. The van der Waals surface area contributed by atoms with E-state index >= 15 is 0 Å². The van der Waals surface area contributed by atoms with Crippen molar-refractivity contribution in [3.05, 3.63) is 0 Å². The first-order valence-electron chi connectivity index (χ1n) is 5.60. The molecule has 1 fully saturated rings. The maximum atomic E-state index is 2.46. The quantitative estimate of drug-likeness (QED) is 0.603. The molecule has 0 aromatic heterocycles. The summed E-state index contributed by atoms with van der Waals surface area (Å²) in [5, 5.41) is 0. The van der Waals surface area contributed by atoms with Crippen LogP contribution in [0.3, 0.4) is 0 Å². The van der Waals surface area contributed by atoms with Crippen molar-refractivity contribution in [2.45, 2.75) is 47.0 Å². The van der Waals surface area contributed by atoms with Gasteiger partial charge in [0.1, 0.15) is 0 Å². The topological polar surface area (TPSA) is 3.24 Å². The zero-order valence-electron chi connectivity index (χ0n) is 9.98. The summed E-state index contributed by atoms with van der Waals surface area (Å²) in [6.45, 7) is 12.1. The third-order valence-electron chi connectivity index (χ3n) is 4.21. The molecule has 78 valence electrons. The molecule has 0 bridgehead atoms. The van der Waals surface area contributed by atoms with Crippen molar-refractivity contribution >= 4 is 0 Å². The Balaban J connectivity index is 2.72. The highest BCUT2D eigenvalue weighted by molar-refractivity contribution is 4.92. The second-order valence-corrected chi connectivity index (χ2v) is 5.69. The minimum absolute atomic E-state index is 0.475. The molecule has 0 N–H and O–H groups in total. The fraction of sp³-hybridized carbons (Fsp3) is 1.00. The van der Waals surface area contributed by atoms with Gasteiger partial charge in [-0.05, 0) is 50.2 Å². The first-order chi connectivity index (χ1) is 5.91. The van der Waals surface area contributed by atoms with E-state index in [4.69, 9.17) is 0 Å². The maximum Gasteiger partial charge on any atom is -0.00163 e. The predicted molar refractivity (Wildman–Crippen MR) is 58.9 cm³/mol. The Bertz CT molecular complexity index is 158. The largest absolute Gasteiger partial charge is 0.306 e. The monoisotopic (exact) mass is 183 g/mol. The molecule has 13 heavy (non-hydrogen) atoms. The highest BCUT2D eigenvalue weighted by atomic mass is 15.1. The number of hydrogen-bond acceptors (Lipinski definition) is 1. The number of piperidine rings is 1. The first kappa shape index (κ1) is 11.0. The molecule has 1 heterocycles. The van der Waals surface area contributed by atoms with Crippen LogP contribution in [-0.4, -0.2) is 25.0 Å². The van der Waals surface area contributed by atoms with Crippen LogP contribution < -0.4 is 0 Å². The van der Waals surface area contributed by atoms with Gasteiger partial charge in [-0.1, -0.05) is 27.7 Å². The van der Waals surface area contributed by atoms with Crippen LogP contribution in [0.1, 0.15) is 47.0 Å². The molecule has 0 unspecified atom stereocenters. The fourth-order valence-electron chi connectivity index (χ4n) is 2.68. The number of nitrogens with zero attached hydrogens (tertiary/aromatic N) is 1.